The summed E-state index contributed by atoms with van der Waals surface area (Å²) in [7, 11) is 0. The quantitative estimate of drug-likeness (QED) is 0.667. The first-order chi connectivity index (χ1) is 6.74. The molecule has 0 bridgehead atoms. The van der Waals surface area contributed by atoms with Gasteiger partial charge >= 0.3 is 0 Å². The number of hydrogen-bond acceptors (Lipinski definition) is 3. The van der Waals surface area contributed by atoms with Crippen LogP contribution in [0.2, 0.25) is 0 Å². The second kappa shape index (κ2) is 3.23. The lowest BCUT2D eigenvalue weighted by molar-refractivity contribution is 0.0978. The molecule has 2 aromatic rings. The van der Waals surface area contributed by atoms with Crippen LogP contribution in [-0.4, -0.2) is 9.86 Å². The molecule has 4 heteroatoms. The number of carbonyl (C=O) groups excluding carboxylic acids is 1. The van der Waals surface area contributed by atoms with Crippen molar-refractivity contribution in [1.82, 2.24) is 3.96 Å². The van der Waals surface area contributed by atoms with Crippen LogP contribution in [0.1, 0.15) is 4.79 Å². The van der Waals surface area contributed by atoms with Gasteiger partial charge in [-0.1, -0.05) is 18.7 Å². The highest BCUT2D eigenvalue weighted by Crippen LogP contribution is 2.15. The highest BCUT2D eigenvalue weighted by atomic mass is 32.1. The molecule has 0 amide bonds. The summed E-state index contributed by atoms with van der Waals surface area (Å²) in [6.07, 6.45) is 1.14. The Bertz CT molecular complexity index is 565. The van der Waals surface area contributed by atoms with E-state index in [4.69, 9.17) is 0 Å². The Hall–Kier alpha value is -1.68. The van der Waals surface area contributed by atoms with E-state index in [1.165, 1.54) is 0 Å². The van der Waals surface area contributed by atoms with E-state index in [0.717, 1.165) is 26.3 Å². The first-order valence-corrected chi connectivity index (χ1v) is 4.79. The Balaban J connectivity index is 2.81. The van der Waals surface area contributed by atoms with Crippen molar-refractivity contribution in [2.75, 3.05) is 0 Å². The van der Waals surface area contributed by atoms with Crippen molar-refractivity contribution in [1.29, 1.82) is 0 Å². The van der Waals surface area contributed by atoms with Gasteiger partial charge in [-0.2, -0.15) is 3.96 Å². The van der Waals surface area contributed by atoms with Gasteiger partial charge in [0.25, 0.3) is 11.5 Å². The van der Waals surface area contributed by atoms with Crippen molar-refractivity contribution in [2.24, 2.45) is 0 Å². The van der Waals surface area contributed by atoms with Gasteiger partial charge in [0.05, 0.1) is 10.1 Å². The molecule has 0 radical (unpaired) electrons. The molecule has 3 nitrogen and oxygen atoms in total. The fourth-order valence-electron chi connectivity index (χ4n) is 1.20. The van der Waals surface area contributed by atoms with Crippen LogP contribution in [0.4, 0.5) is 0 Å². The maximum Gasteiger partial charge on any atom is 0.275 e. The van der Waals surface area contributed by atoms with Crippen LogP contribution in [0, 0.1) is 0 Å². The van der Waals surface area contributed by atoms with Crippen LogP contribution in [0.5, 0.6) is 0 Å². The molecule has 1 aromatic carbocycles. The molecule has 0 spiro atoms. The summed E-state index contributed by atoms with van der Waals surface area (Å²) >= 11 is 1.14. The van der Waals surface area contributed by atoms with Crippen LogP contribution in [0.15, 0.2) is 41.7 Å². The molecule has 2 rings (SSSR count). The summed E-state index contributed by atoms with van der Waals surface area (Å²) in [6, 6.07) is 7.13. The third-order valence-electron chi connectivity index (χ3n) is 1.87. The molecule has 0 atom stereocenters. The molecule has 0 aliphatic rings. The van der Waals surface area contributed by atoms with Crippen molar-refractivity contribution >= 4 is 27.5 Å². The number of rotatable bonds is 1. The van der Waals surface area contributed by atoms with Gasteiger partial charge in [0.2, 0.25) is 0 Å². The topological polar surface area (TPSA) is 39.1 Å². The Kier molecular flexibility index (Phi) is 2.05. The minimum Gasteiger partial charge on any atom is -0.268 e. The van der Waals surface area contributed by atoms with Crippen molar-refractivity contribution in [3.05, 3.63) is 47.3 Å². The molecule has 0 saturated heterocycles. The Morgan fingerprint density at radius 3 is 2.79 bits per heavy atom. The second-order valence-corrected chi connectivity index (χ2v) is 3.72. The predicted molar refractivity (Wildman–Crippen MR) is 56.9 cm³/mol. The Morgan fingerprint density at radius 2 is 2.14 bits per heavy atom. The summed E-state index contributed by atoms with van der Waals surface area (Å²) in [6.45, 7) is 3.35. The van der Waals surface area contributed by atoms with E-state index >= 15 is 0 Å². The molecule has 0 aliphatic heterocycles. The zero-order chi connectivity index (χ0) is 10.1. The van der Waals surface area contributed by atoms with Crippen LogP contribution in [-0.2, 0) is 0 Å². The lowest BCUT2D eigenvalue weighted by Gasteiger charge is -1.88. The lowest BCUT2D eigenvalue weighted by Crippen LogP contribution is -2.18. The predicted octanol–water partition coefficient (Wildman–Crippen LogP) is 1.89. The number of allylic oxidation sites excluding steroid dienone is 1. The number of carbonyl (C=O) groups is 1. The monoisotopic (exact) mass is 205 g/mol. The number of hydrogen-bond donors (Lipinski definition) is 0. The van der Waals surface area contributed by atoms with Gasteiger partial charge in [-0.25, -0.2) is 0 Å². The minimum absolute atomic E-state index is 0.268. The van der Waals surface area contributed by atoms with Crippen molar-refractivity contribution in [3.63, 3.8) is 0 Å². The van der Waals surface area contributed by atoms with E-state index in [9.17, 15) is 9.59 Å². The summed E-state index contributed by atoms with van der Waals surface area (Å²) < 4.78 is 1.92. The maximum absolute atomic E-state index is 11.6. The van der Waals surface area contributed by atoms with E-state index in [1.54, 1.807) is 12.1 Å². The maximum atomic E-state index is 11.6. The average molecular weight is 205 g/mol. The molecule has 1 heterocycles. The van der Waals surface area contributed by atoms with Gasteiger partial charge in [-0.3, -0.25) is 9.59 Å². The molecule has 0 saturated carbocycles. The molecular formula is C10H7NO2S. The van der Waals surface area contributed by atoms with Gasteiger partial charge in [-0.15, -0.1) is 0 Å². The standard InChI is InChI=1S/C10H7NO2S/c1-2-9(12)11-10(13)7-5-3-4-6-8(7)14-11/h2-6H,1H2. The van der Waals surface area contributed by atoms with Gasteiger partial charge in [0, 0.05) is 0 Å². The largest absolute Gasteiger partial charge is 0.275 e. The third-order valence-corrected chi connectivity index (χ3v) is 2.95. The summed E-state index contributed by atoms with van der Waals surface area (Å²) in [5.41, 5.74) is -0.268. The summed E-state index contributed by atoms with van der Waals surface area (Å²) in [5, 5.41) is 0.577. The molecule has 0 fully saturated rings. The summed E-state index contributed by atoms with van der Waals surface area (Å²) in [4.78, 5) is 22.9. The molecule has 14 heavy (non-hydrogen) atoms. The number of benzene rings is 1. The SMILES string of the molecule is C=CC(=O)n1sc2ccccc2c1=O. The Morgan fingerprint density at radius 1 is 1.43 bits per heavy atom. The minimum atomic E-state index is -0.379. The fraction of sp³-hybridized carbons (Fsp3) is 0. The smallest absolute Gasteiger partial charge is 0.268 e. The lowest BCUT2D eigenvalue weighted by atomic mass is 10.3. The van der Waals surface area contributed by atoms with Crippen molar-refractivity contribution in [2.45, 2.75) is 0 Å². The van der Waals surface area contributed by atoms with Crippen LogP contribution in [0.25, 0.3) is 10.1 Å². The van der Waals surface area contributed by atoms with Crippen molar-refractivity contribution in [3.8, 4) is 0 Å². The molecular weight excluding hydrogens is 198 g/mol. The number of nitrogens with zero attached hydrogens (tertiary/aromatic N) is 1. The first-order valence-electron chi connectivity index (χ1n) is 4.02. The zero-order valence-corrected chi connectivity index (χ0v) is 8.08. The number of fused-ring (bicyclic) bond motifs is 1. The van der Waals surface area contributed by atoms with E-state index in [0.29, 0.717) is 5.39 Å². The highest BCUT2D eigenvalue weighted by molar-refractivity contribution is 7.14. The fourth-order valence-corrected chi connectivity index (χ4v) is 2.14. The Labute approximate surface area is 84.1 Å². The van der Waals surface area contributed by atoms with Crippen LogP contribution in [0.3, 0.4) is 0 Å². The van der Waals surface area contributed by atoms with E-state index < -0.39 is 0 Å². The second-order valence-electron chi connectivity index (χ2n) is 2.73. The van der Waals surface area contributed by atoms with Gasteiger partial charge < -0.3 is 0 Å². The van der Waals surface area contributed by atoms with Crippen LogP contribution >= 0.6 is 11.5 Å². The molecule has 70 valence electrons. The van der Waals surface area contributed by atoms with E-state index in [1.807, 2.05) is 12.1 Å². The average Bonchev–Trinajstić information content (AvgIpc) is 2.56. The molecule has 0 aliphatic carbocycles. The molecule has 1 aromatic heterocycles. The van der Waals surface area contributed by atoms with E-state index in [2.05, 4.69) is 6.58 Å². The summed E-state index contributed by atoms with van der Waals surface area (Å²) in [5.74, 6) is -0.379. The van der Waals surface area contributed by atoms with Gasteiger partial charge in [-0.05, 0) is 29.7 Å². The molecule has 0 unspecified atom stereocenters. The first kappa shape index (κ1) is 8.90. The normalized spacial score (nSPS) is 10.3. The van der Waals surface area contributed by atoms with Gasteiger partial charge in [0.1, 0.15) is 0 Å². The third kappa shape index (κ3) is 1.20. The van der Waals surface area contributed by atoms with E-state index in [-0.39, 0.29) is 11.5 Å². The van der Waals surface area contributed by atoms with Crippen LogP contribution < -0.4 is 5.56 Å². The van der Waals surface area contributed by atoms with Gasteiger partial charge in [0.15, 0.2) is 0 Å². The molecule has 0 N–H and O–H groups in total. The highest BCUT2D eigenvalue weighted by Gasteiger charge is 2.09. The zero-order valence-electron chi connectivity index (χ0n) is 7.27. The number of aromatic nitrogens is 1. The van der Waals surface area contributed by atoms with Crippen molar-refractivity contribution < 1.29 is 4.79 Å².